The Morgan fingerprint density at radius 1 is 1.38 bits per heavy atom. The summed E-state index contributed by atoms with van der Waals surface area (Å²) in [6.07, 6.45) is 1.54. The van der Waals surface area contributed by atoms with Gasteiger partial charge in [-0.2, -0.15) is 4.31 Å². The SMILES string of the molecule is C=CCC(=C)[C@H]1CC(C)(C)OC(=O)N1S(=O)(=O)c1ccc(C)cc1. The van der Waals surface area contributed by atoms with Crippen molar-refractivity contribution in [1.82, 2.24) is 4.31 Å². The Labute approximate surface area is 143 Å². The maximum Gasteiger partial charge on any atom is 0.424 e. The number of sulfonamides is 1. The predicted molar refractivity (Wildman–Crippen MR) is 93.1 cm³/mol. The fourth-order valence-electron chi connectivity index (χ4n) is 2.72. The number of allylic oxidation sites excluding steroid dienone is 1. The van der Waals surface area contributed by atoms with E-state index < -0.39 is 27.8 Å². The predicted octanol–water partition coefficient (Wildman–Crippen LogP) is 3.81. The molecule has 1 aliphatic heterocycles. The summed E-state index contributed by atoms with van der Waals surface area (Å²) in [5.41, 5.74) is 0.792. The van der Waals surface area contributed by atoms with Gasteiger partial charge in [-0.25, -0.2) is 13.2 Å². The van der Waals surface area contributed by atoms with Crippen molar-refractivity contribution in [3.8, 4) is 0 Å². The monoisotopic (exact) mass is 349 g/mol. The molecule has 0 bridgehead atoms. The molecule has 1 aromatic carbocycles. The molecule has 24 heavy (non-hydrogen) atoms. The van der Waals surface area contributed by atoms with E-state index in [0.29, 0.717) is 18.4 Å². The van der Waals surface area contributed by atoms with E-state index >= 15 is 0 Å². The quantitative estimate of drug-likeness (QED) is 0.758. The number of amides is 1. The van der Waals surface area contributed by atoms with Crippen LogP contribution in [0.5, 0.6) is 0 Å². The summed E-state index contributed by atoms with van der Waals surface area (Å²) in [4.78, 5) is 12.5. The number of ether oxygens (including phenoxy) is 1. The van der Waals surface area contributed by atoms with Gasteiger partial charge in [-0.15, -0.1) is 6.58 Å². The van der Waals surface area contributed by atoms with Crippen molar-refractivity contribution in [2.45, 2.75) is 50.2 Å². The highest BCUT2D eigenvalue weighted by molar-refractivity contribution is 7.89. The smallest absolute Gasteiger partial charge is 0.424 e. The highest BCUT2D eigenvalue weighted by Crippen LogP contribution is 2.35. The molecule has 0 N–H and O–H groups in total. The van der Waals surface area contributed by atoms with Gasteiger partial charge in [0.15, 0.2) is 0 Å². The fraction of sp³-hybridized carbons (Fsp3) is 0.389. The first-order valence-electron chi connectivity index (χ1n) is 7.71. The first-order chi connectivity index (χ1) is 11.1. The lowest BCUT2D eigenvalue weighted by molar-refractivity contribution is -0.0201. The van der Waals surface area contributed by atoms with Gasteiger partial charge in [-0.05, 0) is 44.9 Å². The average molecular weight is 349 g/mol. The van der Waals surface area contributed by atoms with Gasteiger partial charge in [-0.1, -0.05) is 30.4 Å². The van der Waals surface area contributed by atoms with Crippen molar-refractivity contribution in [2.75, 3.05) is 0 Å². The molecule has 2 rings (SSSR count). The molecule has 0 aliphatic carbocycles. The number of hydrogen-bond acceptors (Lipinski definition) is 4. The Balaban J connectivity index is 2.50. The molecule has 5 nitrogen and oxygen atoms in total. The Morgan fingerprint density at radius 3 is 2.50 bits per heavy atom. The fourth-order valence-corrected chi connectivity index (χ4v) is 4.22. The van der Waals surface area contributed by atoms with Crippen molar-refractivity contribution >= 4 is 16.1 Å². The molecule has 1 atom stereocenters. The van der Waals surface area contributed by atoms with Crippen LogP contribution in [0.4, 0.5) is 4.79 Å². The van der Waals surface area contributed by atoms with Crippen molar-refractivity contribution in [3.05, 3.63) is 54.6 Å². The van der Waals surface area contributed by atoms with Crippen molar-refractivity contribution in [3.63, 3.8) is 0 Å². The van der Waals surface area contributed by atoms with E-state index in [1.165, 1.54) is 12.1 Å². The Hall–Kier alpha value is -2.08. The minimum atomic E-state index is -4.03. The van der Waals surface area contributed by atoms with E-state index in [0.717, 1.165) is 9.87 Å². The van der Waals surface area contributed by atoms with Gasteiger partial charge in [0.1, 0.15) is 5.60 Å². The molecule has 0 saturated carbocycles. The molecule has 1 heterocycles. The summed E-state index contributed by atoms with van der Waals surface area (Å²) in [7, 11) is -4.03. The number of cyclic esters (lactones) is 1. The molecule has 0 unspecified atom stereocenters. The minimum Gasteiger partial charge on any atom is -0.443 e. The summed E-state index contributed by atoms with van der Waals surface area (Å²) < 4.78 is 32.1. The number of rotatable bonds is 5. The van der Waals surface area contributed by atoms with Crippen LogP contribution in [-0.4, -0.2) is 30.5 Å². The standard InChI is InChI=1S/C18H23NO4S/c1-6-7-14(3)16-12-18(4,5)23-17(20)19(16)24(21,22)15-10-8-13(2)9-11-15/h6,8-11,16H,1,3,7,12H2,2,4-5H3/t16-/m1/s1. The minimum absolute atomic E-state index is 0.0566. The van der Waals surface area contributed by atoms with Gasteiger partial charge in [0.2, 0.25) is 0 Å². The lowest BCUT2D eigenvalue weighted by Crippen LogP contribution is -2.55. The highest BCUT2D eigenvalue weighted by Gasteiger charge is 2.46. The molecule has 1 aliphatic rings. The highest BCUT2D eigenvalue weighted by atomic mass is 32.2. The third-order valence-corrected chi connectivity index (χ3v) is 5.76. The molecule has 6 heteroatoms. The number of nitrogens with zero attached hydrogens (tertiary/aromatic N) is 1. The lowest BCUT2D eigenvalue weighted by atomic mass is 9.91. The Morgan fingerprint density at radius 2 is 1.96 bits per heavy atom. The Bertz CT molecular complexity index is 763. The molecule has 1 saturated heterocycles. The normalized spacial score (nSPS) is 20.4. The van der Waals surface area contributed by atoms with Gasteiger partial charge in [0.05, 0.1) is 10.9 Å². The molecule has 1 amide bonds. The second-order valence-electron chi connectivity index (χ2n) is 6.61. The van der Waals surface area contributed by atoms with E-state index in [-0.39, 0.29) is 4.90 Å². The number of aryl methyl sites for hydroxylation is 1. The van der Waals surface area contributed by atoms with Gasteiger partial charge in [0.25, 0.3) is 10.0 Å². The van der Waals surface area contributed by atoms with Crippen LogP contribution in [0.2, 0.25) is 0 Å². The van der Waals surface area contributed by atoms with Crippen molar-refractivity contribution in [1.29, 1.82) is 0 Å². The first kappa shape index (κ1) is 18.3. The van der Waals surface area contributed by atoms with Crippen molar-refractivity contribution < 1.29 is 17.9 Å². The van der Waals surface area contributed by atoms with Crippen LogP contribution in [-0.2, 0) is 14.8 Å². The van der Waals surface area contributed by atoms with Gasteiger partial charge < -0.3 is 4.74 Å². The summed E-state index contributed by atoms with van der Waals surface area (Å²) in [5.74, 6) is 0. The summed E-state index contributed by atoms with van der Waals surface area (Å²) in [5, 5.41) is 0. The molecular weight excluding hydrogens is 326 g/mol. The largest absolute Gasteiger partial charge is 0.443 e. The Kier molecular flexibility index (Phi) is 4.90. The number of benzene rings is 1. The number of carbonyl (C=O) groups is 1. The molecule has 0 radical (unpaired) electrons. The molecule has 0 spiro atoms. The average Bonchev–Trinajstić information content (AvgIpc) is 2.45. The molecule has 130 valence electrons. The van der Waals surface area contributed by atoms with E-state index in [2.05, 4.69) is 13.2 Å². The molecule has 0 aromatic heterocycles. The summed E-state index contributed by atoms with van der Waals surface area (Å²) >= 11 is 0. The van der Waals surface area contributed by atoms with E-state index in [4.69, 9.17) is 4.74 Å². The van der Waals surface area contributed by atoms with Crippen LogP contribution in [0.1, 0.15) is 32.3 Å². The van der Waals surface area contributed by atoms with E-state index in [9.17, 15) is 13.2 Å². The van der Waals surface area contributed by atoms with Crippen LogP contribution in [0.15, 0.2) is 54.0 Å². The van der Waals surface area contributed by atoms with E-state index in [1.807, 2.05) is 6.92 Å². The molecular formula is C18H23NO4S. The van der Waals surface area contributed by atoms with Gasteiger partial charge in [-0.3, -0.25) is 0 Å². The topological polar surface area (TPSA) is 63.7 Å². The summed E-state index contributed by atoms with van der Waals surface area (Å²) in [6, 6.07) is 5.71. The lowest BCUT2D eigenvalue weighted by Gasteiger charge is -2.42. The molecule has 1 aromatic rings. The number of hydrogen-bond donors (Lipinski definition) is 0. The molecule has 1 fully saturated rings. The van der Waals surface area contributed by atoms with Crippen LogP contribution in [0, 0.1) is 6.92 Å². The third kappa shape index (κ3) is 3.53. The van der Waals surface area contributed by atoms with Crippen LogP contribution in [0.3, 0.4) is 0 Å². The van der Waals surface area contributed by atoms with Crippen LogP contribution < -0.4 is 0 Å². The third-order valence-electron chi connectivity index (χ3n) is 3.97. The second kappa shape index (κ2) is 6.43. The maximum atomic E-state index is 13.0. The summed E-state index contributed by atoms with van der Waals surface area (Å²) in [6.45, 7) is 13.0. The van der Waals surface area contributed by atoms with E-state index in [1.54, 1.807) is 32.1 Å². The zero-order chi connectivity index (χ0) is 18.1. The van der Waals surface area contributed by atoms with Crippen LogP contribution in [0.25, 0.3) is 0 Å². The van der Waals surface area contributed by atoms with Crippen LogP contribution >= 0.6 is 0 Å². The van der Waals surface area contributed by atoms with Gasteiger partial charge in [0, 0.05) is 6.42 Å². The van der Waals surface area contributed by atoms with Crippen molar-refractivity contribution in [2.24, 2.45) is 0 Å². The zero-order valence-corrected chi connectivity index (χ0v) is 15.1. The first-order valence-corrected chi connectivity index (χ1v) is 9.15. The van der Waals surface area contributed by atoms with Gasteiger partial charge >= 0.3 is 6.09 Å². The number of carbonyl (C=O) groups excluding carboxylic acids is 1. The second-order valence-corrected chi connectivity index (χ2v) is 8.43. The zero-order valence-electron chi connectivity index (χ0n) is 14.3. The maximum absolute atomic E-state index is 13.0.